The van der Waals surface area contributed by atoms with Gasteiger partial charge in [0.15, 0.2) is 0 Å². The summed E-state index contributed by atoms with van der Waals surface area (Å²) in [6.45, 7) is 3.88. The Morgan fingerprint density at radius 1 is 1.50 bits per heavy atom. The van der Waals surface area contributed by atoms with Crippen molar-refractivity contribution in [2.45, 2.75) is 19.4 Å². The minimum atomic E-state index is -0.341. The lowest BCUT2D eigenvalue weighted by atomic mass is 10.0. The maximum absolute atomic E-state index is 12.3. The molecular weight excluding hydrogens is 298 g/mol. The van der Waals surface area contributed by atoms with E-state index >= 15 is 0 Å². The molecule has 0 heterocycles. The summed E-state index contributed by atoms with van der Waals surface area (Å²) in [4.78, 5) is 13.9. The minimum Gasteiger partial charge on any atom is -0.507 e. The number of hydrogen-bond acceptors (Lipinski definition) is 3. The molecule has 5 heteroatoms. The van der Waals surface area contributed by atoms with Crippen LogP contribution in [0.4, 0.5) is 0 Å². The molecule has 1 aromatic carbocycles. The van der Waals surface area contributed by atoms with Gasteiger partial charge < -0.3 is 14.7 Å². The summed E-state index contributed by atoms with van der Waals surface area (Å²) in [6, 6.07) is 4.61. The van der Waals surface area contributed by atoms with Crippen molar-refractivity contribution in [2.24, 2.45) is 0 Å². The first-order valence-electron chi connectivity index (χ1n) is 5.54. The maximum atomic E-state index is 12.3. The number of carbonyl (C=O) groups excluding carboxylic acids is 1. The Bertz CT molecular complexity index is 446. The van der Waals surface area contributed by atoms with Gasteiger partial charge in [-0.25, -0.2) is 0 Å². The topological polar surface area (TPSA) is 49.8 Å². The maximum Gasteiger partial charge on any atom is 0.257 e. The van der Waals surface area contributed by atoms with Crippen LogP contribution in [0.25, 0.3) is 0 Å². The molecule has 0 aliphatic heterocycles. The highest BCUT2D eigenvalue weighted by atomic mass is 79.9. The van der Waals surface area contributed by atoms with Crippen molar-refractivity contribution in [3.8, 4) is 11.5 Å². The van der Waals surface area contributed by atoms with Gasteiger partial charge in [0.1, 0.15) is 11.5 Å². The molecule has 0 saturated heterocycles. The fourth-order valence-corrected chi connectivity index (χ4v) is 1.73. The number of carbonyl (C=O) groups is 1. The number of aromatic hydroxyl groups is 1. The molecule has 0 unspecified atom stereocenters. The molecule has 0 bridgehead atoms. The van der Waals surface area contributed by atoms with Gasteiger partial charge in [0.05, 0.1) is 12.7 Å². The standard InChI is InChI=1S/C13H18BrNO3/c1-13(2,8-14)15(3)12(17)10-7-9(18-4)5-6-11(10)16/h5-7,16H,8H2,1-4H3. The van der Waals surface area contributed by atoms with E-state index in [-0.39, 0.29) is 22.8 Å². The number of halogens is 1. The molecule has 0 fully saturated rings. The molecule has 1 rings (SSSR count). The van der Waals surface area contributed by atoms with Crippen molar-refractivity contribution in [1.82, 2.24) is 4.90 Å². The van der Waals surface area contributed by atoms with Gasteiger partial charge in [0.25, 0.3) is 5.91 Å². The number of nitrogens with zero attached hydrogens (tertiary/aromatic N) is 1. The largest absolute Gasteiger partial charge is 0.507 e. The summed E-state index contributed by atoms with van der Waals surface area (Å²) in [5.41, 5.74) is -0.0991. The van der Waals surface area contributed by atoms with Crippen molar-refractivity contribution in [1.29, 1.82) is 0 Å². The third kappa shape index (κ3) is 2.96. The lowest BCUT2D eigenvalue weighted by molar-refractivity contribution is 0.0660. The summed E-state index contributed by atoms with van der Waals surface area (Å²) < 4.78 is 5.06. The molecule has 1 amide bonds. The highest BCUT2D eigenvalue weighted by Gasteiger charge is 2.28. The molecule has 0 radical (unpaired) electrons. The zero-order chi connectivity index (χ0) is 13.9. The Morgan fingerprint density at radius 3 is 2.61 bits per heavy atom. The van der Waals surface area contributed by atoms with Crippen LogP contribution >= 0.6 is 15.9 Å². The average molecular weight is 316 g/mol. The van der Waals surface area contributed by atoms with Gasteiger partial charge in [0.2, 0.25) is 0 Å². The summed E-state index contributed by atoms with van der Waals surface area (Å²) in [5, 5.41) is 10.4. The van der Waals surface area contributed by atoms with Crippen LogP contribution in [-0.2, 0) is 0 Å². The summed E-state index contributed by atoms with van der Waals surface area (Å²) in [6.07, 6.45) is 0. The van der Waals surface area contributed by atoms with E-state index in [1.807, 2.05) is 13.8 Å². The third-order valence-corrected chi connectivity index (χ3v) is 4.35. The molecule has 0 aliphatic carbocycles. The predicted molar refractivity (Wildman–Crippen MR) is 74.6 cm³/mol. The first kappa shape index (κ1) is 14.8. The predicted octanol–water partition coefficient (Wildman–Crippen LogP) is 2.65. The van der Waals surface area contributed by atoms with Gasteiger partial charge in [-0.1, -0.05) is 15.9 Å². The summed E-state index contributed by atoms with van der Waals surface area (Å²) in [7, 11) is 3.23. The van der Waals surface area contributed by atoms with Gasteiger partial charge in [-0.2, -0.15) is 0 Å². The summed E-state index contributed by atoms with van der Waals surface area (Å²) >= 11 is 3.38. The molecule has 18 heavy (non-hydrogen) atoms. The number of hydrogen-bond donors (Lipinski definition) is 1. The normalized spacial score (nSPS) is 11.2. The molecule has 0 aromatic heterocycles. The Balaban J connectivity index is 3.11. The van der Waals surface area contributed by atoms with E-state index in [1.165, 1.54) is 13.2 Å². The number of phenolic OH excluding ortho intramolecular Hbond substituents is 1. The monoisotopic (exact) mass is 315 g/mol. The number of methoxy groups -OCH3 is 1. The molecule has 4 nitrogen and oxygen atoms in total. The Morgan fingerprint density at radius 2 is 2.11 bits per heavy atom. The molecule has 0 aliphatic rings. The van der Waals surface area contributed by atoms with Gasteiger partial charge >= 0.3 is 0 Å². The molecule has 0 atom stereocenters. The van der Waals surface area contributed by atoms with Crippen LogP contribution in [0.2, 0.25) is 0 Å². The quantitative estimate of drug-likeness (QED) is 0.869. The Kier molecular flexibility index (Phi) is 4.62. The second-order valence-corrected chi connectivity index (χ2v) is 5.25. The van der Waals surface area contributed by atoms with E-state index in [0.29, 0.717) is 11.1 Å². The van der Waals surface area contributed by atoms with Crippen LogP contribution in [0.15, 0.2) is 18.2 Å². The highest BCUT2D eigenvalue weighted by Crippen LogP contribution is 2.26. The zero-order valence-corrected chi connectivity index (χ0v) is 12.6. The first-order valence-corrected chi connectivity index (χ1v) is 6.66. The van der Waals surface area contributed by atoms with Crippen molar-refractivity contribution in [3.63, 3.8) is 0 Å². The van der Waals surface area contributed by atoms with Crippen LogP contribution in [0.3, 0.4) is 0 Å². The molecule has 1 N–H and O–H groups in total. The second kappa shape index (κ2) is 5.61. The van der Waals surface area contributed by atoms with Crippen LogP contribution in [0.5, 0.6) is 11.5 Å². The smallest absolute Gasteiger partial charge is 0.257 e. The lowest BCUT2D eigenvalue weighted by Crippen LogP contribution is -2.46. The zero-order valence-electron chi connectivity index (χ0n) is 11.0. The second-order valence-electron chi connectivity index (χ2n) is 4.69. The van der Waals surface area contributed by atoms with E-state index < -0.39 is 0 Å². The number of benzene rings is 1. The van der Waals surface area contributed by atoms with Crippen LogP contribution in [0, 0.1) is 0 Å². The van der Waals surface area contributed by atoms with Crippen molar-refractivity contribution in [2.75, 3.05) is 19.5 Å². The number of amides is 1. The Labute approximate surface area is 116 Å². The highest BCUT2D eigenvalue weighted by molar-refractivity contribution is 9.09. The first-order chi connectivity index (χ1) is 8.33. The molecular formula is C13H18BrNO3. The van der Waals surface area contributed by atoms with Crippen molar-refractivity contribution < 1.29 is 14.6 Å². The third-order valence-electron chi connectivity index (χ3n) is 2.97. The van der Waals surface area contributed by atoms with E-state index in [0.717, 1.165) is 0 Å². The van der Waals surface area contributed by atoms with Crippen LogP contribution < -0.4 is 4.74 Å². The van der Waals surface area contributed by atoms with E-state index in [1.54, 1.807) is 24.1 Å². The number of alkyl halides is 1. The summed E-state index contributed by atoms with van der Waals surface area (Å²) in [5.74, 6) is 0.259. The van der Waals surface area contributed by atoms with Gasteiger partial charge in [-0.3, -0.25) is 4.79 Å². The number of ether oxygens (including phenoxy) is 1. The van der Waals surface area contributed by atoms with Crippen molar-refractivity contribution >= 4 is 21.8 Å². The van der Waals surface area contributed by atoms with Gasteiger partial charge in [-0.15, -0.1) is 0 Å². The minimum absolute atomic E-state index is 0.0435. The molecule has 100 valence electrons. The van der Waals surface area contributed by atoms with E-state index in [2.05, 4.69) is 15.9 Å². The number of phenols is 1. The lowest BCUT2D eigenvalue weighted by Gasteiger charge is -2.34. The fourth-order valence-electron chi connectivity index (χ4n) is 1.36. The van der Waals surface area contributed by atoms with E-state index in [4.69, 9.17) is 4.74 Å². The molecule has 1 aromatic rings. The SMILES string of the molecule is COc1ccc(O)c(C(=O)N(C)C(C)(C)CBr)c1. The van der Waals surface area contributed by atoms with Crippen LogP contribution in [-0.4, -0.2) is 40.9 Å². The van der Waals surface area contributed by atoms with E-state index in [9.17, 15) is 9.90 Å². The van der Waals surface area contributed by atoms with Crippen LogP contribution in [0.1, 0.15) is 24.2 Å². The van der Waals surface area contributed by atoms with Gasteiger partial charge in [-0.05, 0) is 32.0 Å². The van der Waals surface area contributed by atoms with Crippen molar-refractivity contribution in [3.05, 3.63) is 23.8 Å². The fraction of sp³-hybridized carbons (Fsp3) is 0.462. The number of rotatable bonds is 4. The Hall–Kier alpha value is -1.23. The van der Waals surface area contributed by atoms with Gasteiger partial charge in [0, 0.05) is 17.9 Å². The average Bonchev–Trinajstić information content (AvgIpc) is 2.37. The molecule has 0 saturated carbocycles. The molecule has 0 spiro atoms.